The minimum atomic E-state index is -3.50. The second kappa shape index (κ2) is 9.13. The van der Waals surface area contributed by atoms with Crippen molar-refractivity contribution >= 4 is 26.8 Å². The average Bonchev–Trinajstić information content (AvgIpc) is 2.78. The van der Waals surface area contributed by atoms with E-state index >= 15 is 0 Å². The van der Waals surface area contributed by atoms with Crippen molar-refractivity contribution < 1.29 is 13.2 Å². The molecule has 4 rings (SSSR count). The van der Waals surface area contributed by atoms with Crippen molar-refractivity contribution in [3.8, 4) is 0 Å². The van der Waals surface area contributed by atoms with E-state index in [9.17, 15) is 13.2 Å². The van der Waals surface area contributed by atoms with E-state index in [4.69, 9.17) is 0 Å². The number of hydrogen-bond acceptors (Lipinski definition) is 5. The number of nitrogens with one attached hydrogen (secondary N) is 1. The highest BCUT2D eigenvalue weighted by molar-refractivity contribution is 7.89. The molecule has 8 heteroatoms. The summed E-state index contributed by atoms with van der Waals surface area (Å²) in [4.78, 5) is 19.2. The van der Waals surface area contributed by atoms with Crippen molar-refractivity contribution in [1.82, 2.24) is 19.5 Å². The highest BCUT2D eigenvalue weighted by Gasteiger charge is 2.28. The summed E-state index contributed by atoms with van der Waals surface area (Å²) in [6.45, 7) is 4.32. The zero-order chi connectivity index (χ0) is 21.8. The van der Waals surface area contributed by atoms with Gasteiger partial charge >= 0.3 is 0 Å². The first kappa shape index (κ1) is 21.4. The quantitative estimate of drug-likeness (QED) is 0.638. The van der Waals surface area contributed by atoms with Crippen LogP contribution in [-0.2, 0) is 21.4 Å². The third-order valence-corrected chi connectivity index (χ3v) is 7.39. The summed E-state index contributed by atoms with van der Waals surface area (Å²) in [7, 11) is -3.50. The summed E-state index contributed by atoms with van der Waals surface area (Å²) in [5.74, 6) is -0.0928. The number of benzene rings is 2. The molecule has 1 N–H and O–H groups in total. The molecule has 1 amide bonds. The van der Waals surface area contributed by atoms with Crippen LogP contribution in [0.2, 0.25) is 0 Å². The maximum absolute atomic E-state index is 12.8. The van der Waals surface area contributed by atoms with E-state index in [1.165, 1.54) is 4.31 Å². The van der Waals surface area contributed by atoms with E-state index in [2.05, 4.69) is 10.3 Å². The number of carbonyl (C=O) groups is 1. The zero-order valence-electron chi connectivity index (χ0n) is 17.5. The largest absolute Gasteiger partial charge is 0.349 e. The van der Waals surface area contributed by atoms with Crippen molar-refractivity contribution in [2.45, 2.75) is 18.4 Å². The molecule has 2 aromatic carbocycles. The van der Waals surface area contributed by atoms with E-state index in [0.29, 0.717) is 37.6 Å². The average molecular weight is 439 g/mol. The summed E-state index contributed by atoms with van der Waals surface area (Å²) in [6, 6.07) is 18.7. The molecule has 3 aromatic rings. The number of carbonyl (C=O) groups excluding carboxylic acids is 1. The Bertz CT molecular complexity index is 1170. The number of piperazine rings is 1. The fourth-order valence-corrected chi connectivity index (χ4v) is 5.06. The Labute approximate surface area is 182 Å². The van der Waals surface area contributed by atoms with Crippen molar-refractivity contribution in [1.29, 1.82) is 0 Å². The molecule has 162 valence electrons. The summed E-state index contributed by atoms with van der Waals surface area (Å²) >= 11 is 0. The van der Waals surface area contributed by atoms with Crippen LogP contribution in [0.15, 0.2) is 65.6 Å². The highest BCUT2D eigenvalue weighted by Crippen LogP contribution is 2.18. The summed E-state index contributed by atoms with van der Waals surface area (Å²) in [5, 5.41) is 3.97. The molecule has 1 saturated heterocycles. The van der Waals surface area contributed by atoms with E-state index in [-0.39, 0.29) is 12.5 Å². The first-order valence-electron chi connectivity index (χ1n) is 10.3. The molecule has 0 saturated carbocycles. The van der Waals surface area contributed by atoms with Crippen molar-refractivity contribution in [3.63, 3.8) is 0 Å². The smallest absolute Gasteiger partial charge is 0.243 e. The topological polar surface area (TPSA) is 82.6 Å². The van der Waals surface area contributed by atoms with E-state index in [1.54, 1.807) is 24.3 Å². The summed E-state index contributed by atoms with van der Waals surface area (Å²) in [6.07, 6.45) is 0. The second-order valence-corrected chi connectivity index (χ2v) is 9.70. The molecule has 2 heterocycles. The van der Waals surface area contributed by atoms with Gasteiger partial charge < -0.3 is 5.32 Å². The van der Waals surface area contributed by atoms with Crippen LogP contribution in [0, 0.1) is 6.92 Å². The van der Waals surface area contributed by atoms with Gasteiger partial charge in [0, 0.05) is 31.6 Å². The molecule has 0 radical (unpaired) electrons. The van der Waals surface area contributed by atoms with Gasteiger partial charge in [0.2, 0.25) is 15.9 Å². The normalized spacial score (nSPS) is 15.8. The van der Waals surface area contributed by atoms with Crippen molar-refractivity contribution in [2.24, 2.45) is 0 Å². The van der Waals surface area contributed by atoms with Gasteiger partial charge in [-0.3, -0.25) is 14.7 Å². The first-order valence-corrected chi connectivity index (χ1v) is 11.8. The van der Waals surface area contributed by atoms with Crippen LogP contribution < -0.4 is 5.32 Å². The zero-order valence-corrected chi connectivity index (χ0v) is 18.3. The van der Waals surface area contributed by atoms with Crippen molar-refractivity contribution in [3.05, 3.63) is 71.9 Å². The Hall–Kier alpha value is -2.81. The fraction of sp³-hybridized carbons (Fsp3) is 0.304. The van der Waals surface area contributed by atoms with Crippen LogP contribution >= 0.6 is 0 Å². The van der Waals surface area contributed by atoms with Gasteiger partial charge in [0.05, 0.1) is 29.2 Å². The molecular weight excluding hydrogens is 412 g/mol. The van der Waals surface area contributed by atoms with Gasteiger partial charge in [0.15, 0.2) is 0 Å². The predicted molar refractivity (Wildman–Crippen MR) is 120 cm³/mol. The molecule has 0 atom stereocenters. The molecule has 1 aliphatic heterocycles. The monoisotopic (exact) mass is 438 g/mol. The second-order valence-electron chi connectivity index (χ2n) is 7.77. The Balaban J connectivity index is 1.27. The van der Waals surface area contributed by atoms with Gasteiger partial charge in [-0.2, -0.15) is 4.31 Å². The van der Waals surface area contributed by atoms with Gasteiger partial charge in [0.1, 0.15) is 0 Å². The van der Waals surface area contributed by atoms with Gasteiger partial charge in [-0.1, -0.05) is 42.0 Å². The molecule has 0 unspecified atom stereocenters. The van der Waals surface area contributed by atoms with Gasteiger partial charge in [-0.15, -0.1) is 0 Å². The molecule has 7 nitrogen and oxygen atoms in total. The Morgan fingerprint density at radius 3 is 2.42 bits per heavy atom. The number of aromatic nitrogens is 1. The highest BCUT2D eigenvalue weighted by atomic mass is 32.2. The maximum atomic E-state index is 12.8. The molecule has 0 bridgehead atoms. The first-order chi connectivity index (χ1) is 14.9. The van der Waals surface area contributed by atoms with E-state index in [1.807, 2.05) is 48.2 Å². The van der Waals surface area contributed by atoms with E-state index < -0.39 is 10.0 Å². The Morgan fingerprint density at radius 2 is 1.68 bits per heavy atom. The van der Waals surface area contributed by atoms with Gasteiger partial charge in [-0.25, -0.2) is 8.42 Å². The van der Waals surface area contributed by atoms with Crippen LogP contribution in [0.1, 0.15) is 11.3 Å². The third kappa shape index (κ3) is 5.10. The van der Waals surface area contributed by atoms with Crippen molar-refractivity contribution in [2.75, 3.05) is 32.7 Å². The lowest BCUT2D eigenvalue weighted by Gasteiger charge is -2.33. The van der Waals surface area contributed by atoms with Crippen LogP contribution in [-0.4, -0.2) is 61.2 Å². The molecule has 1 aromatic heterocycles. The maximum Gasteiger partial charge on any atom is 0.243 e. The Morgan fingerprint density at radius 1 is 0.968 bits per heavy atom. The number of hydrogen-bond donors (Lipinski definition) is 1. The van der Waals surface area contributed by atoms with E-state index in [0.717, 1.165) is 22.2 Å². The number of sulfonamides is 1. The van der Waals surface area contributed by atoms with Crippen LogP contribution in [0.4, 0.5) is 0 Å². The lowest BCUT2D eigenvalue weighted by molar-refractivity contribution is -0.122. The minimum Gasteiger partial charge on any atom is -0.349 e. The fourth-order valence-electron chi connectivity index (χ4n) is 3.64. The molecule has 1 aliphatic rings. The lowest BCUT2D eigenvalue weighted by Crippen LogP contribution is -2.51. The molecular formula is C23H26N4O3S. The molecule has 0 spiro atoms. The molecule has 0 aliphatic carbocycles. The number of pyridine rings is 1. The number of fused-ring (bicyclic) bond motifs is 1. The Kier molecular flexibility index (Phi) is 6.31. The third-order valence-electron chi connectivity index (χ3n) is 5.48. The van der Waals surface area contributed by atoms with Crippen LogP contribution in [0.5, 0.6) is 0 Å². The number of nitrogens with zero attached hydrogens (tertiary/aromatic N) is 3. The standard InChI is InChI=1S/C23H26N4O3S/c1-18-6-10-21(11-7-18)31(29,30)27-14-12-26(13-15-27)17-23(28)24-16-20-9-8-19-4-2-3-5-22(19)25-20/h2-11H,12-17H2,1H3,(H,24,28). The van der Waals surface area contributed by atoms with Crippen LogP contribution in [0.3, 0.4) is 0 Å². The lowest BCUT2D eigenvalue weighted by atomic mass is 10.2. The number of para-hydroxylation sites is 1. The van der Waals surface area contributed by atoms with Crippen LogP contribution in [0.25, 0.3) is 10.9 Å². The number of rotatable bonds is 6. The van der Waals surface area contributed by atoms with Gasteiger partial charge in [0.25, 0.3) is 0 Å². The summed E-state index contributed by atoms with van der Waals surface area (Å²) < 4.78 is 27.1. The van der Waals surface area contributed by atoms with Gasteiger partial charge in [-0.05, 0) is 31.2 Å². The minimum absolute atomic E-state index is 0.0928. The SMILES string of the molecule is Cc1ccc(S(=O)(=O)N2CCN(CC(=O)NCc3ccc4ccccc4n3)CC2)cc1. The molecule has 31 heavy (non-hydrogen) atoms. The predicted octanol–water partition coefficient (Wildman–Crippen LogP) is 2.17. The molecule has 1 fully saturated rings. The number of aryl methyl sites for hydroxylation is 1. The summed E-state index contributed by atoms with van der Waals surface area (Å²) in [5.41, 5.74) is 2.73. The number of amides is 1.